The summed E-state index contributed by atoms with van der Waals surface area (Å²) >= 11 is 0. The molecule has 0 unspecified atom stereocenters. The molecule has 0 bridgehead atoms. The van der Waals surface area contributed by atoms with Gasteiger partial charge in [-0.3, -0.25) is 9.78 Å². The summed E-state index contributed by atoms with van der Waals surface area (Å²) in [6, 6.07) is 9.39. The van der Waals surface area contributed by atoms with E-state index in [2.05, 4.69) is 10.3 Å². The lowest BCUT2D eigenvalue weighted by Gasteiger charge is -2.03. The molecule has 0 saturated carbocycles. The fourth-order valence-corrected chi connectivity index (χ4v) is 1.89. The molecule has 3 rings (SSSR count). The molecule has 0 aliphatic carbocycles. The van der Waals surface area contributed by atoms with Gasteiger partial charge in [0, 0.05) is 35.1 Å². The zero-order valence-corrected chi connectivity index (χ0v) is 10.6. The Hall–Kier alpha value is -2.88. The van der Waals surface area contributed by atoms with E-state index in [-0.39, 0.29) is 5.91 Å². The average Bonchev–Trinajstić information content (AvgIpc) is 2.98. The zero-order valence-electron chi connectivity index (χ0n) is 10.6. The molecule has 1 aromatic carbocycles. The Kier molecular flexibility index (Phi) is 3.29. The first kappa shape index (κ1) is 12.2. The van der Waals surface area contributed by atoms with Gasteiger partial charge in [0.25, 0.3) is 0 Å². The summed E-state index contributed by atoms with van der Waals surface area (Å²) in [6.45, 7) is 0. The number of hydrogen-bond acceptors (Lipinski definition) is 3. The maximum absolute atomic E-state index is 11.8. The number of nitrogens with one attached hydrogen (secondary N) is 1. The fourth-order valence-electron chi connectivity index (χ4n) is 1.89. The number of amides is 1. The van der Waals surface area contributed by atoms with Gasteiger partial charge in [-0.2, -0.15) is 0 Å². The van der Waals surface area contributed by atoms with E-state index in [0.29, 0.717) is 0 Å². The number of fused-ring (bicyclic) bond motifs is 1. The van der Waals surface area contributed by atoms with Crippen LogP contribution in [0.4, 0.5) is 5.69 Å². The Morgan fingerprint density at radius 2 is 2.15 bits per heavy atom. The smallest absolute Gasteiger partial charge is 0.248 e. The number of furan rings is 1. The van der Waals surface area contributed by atoms with Crippen LogP contribution in [-0.4, -0.2) is 10.9 Å². The highest BCUT2D eigenvalue weighted by Crippen LogP contribution is 2.17. The van der Waals surface area contributed by atoms with Crippen LogP contribution in [0.1, 0.15) is 5.56 Å². The van der Waals surface area contributed by atoms with Crippen molar-refractivity contribution in [3.63, 3.8) is 0 Å². The van der Waals surface area contributed by atoms with Crippen LogP contribution in [0.25, 0.3) is 16.8 Å². The van der Waals surface area contributed by atoms with E-state index in [4.69, 9.17) is 4.42 Å². The second-order valence-electron chi connectivity index (χ2n) is 4.32. The van der Waals surface area contributed by atoms with E-state index in [0.717, 1.165) is 22.0 Å². The Morgan fingerprint density at radius 1 is 1.20 bits per heavy atom. The van der Waals surface area contributed by atoms with Crippen molar-refractivity contribution in [1.82, 2.24) is 4.98 Å². The SMILES string of the molecule is O=C(/C=C/c1ccoc1)Nc1ccc2cnccc2c1. The average molecular weight is 264 g/mol. The molecule has 0 radical (unpaired) electrons. The van der Waals surface area contributed by atoms with Crippen molar-refractivity contribution in [2.24, 2.45) is 0 Å². The minimum absolute atomic E-state index is 0.181. The first-order chi connectivity index (χ1) is 9.81. The van der Waals surface area contributed by atoms with E-state index < -0.39 is 0 Å². The molecule has 20 heavy (non-hydrogen) atoms. The number of nitrogens with zero attached hydrogens (tertiary/aromatic N) is 1. The third-order valence-electron chi connectivity index (χ3n) is 2.88. The molecule has 0 spiro atoms. The van der Waals surface area contributed by atoms with Gasteiger partial charge in [-0.1, -0.05) is 6.07 Å². The Labute approximate surface area is 115 Å². The molecule has 0 aliphatic rings. The second-order valence-corrected chi connectivity index (χ2v) is 4.32. The van der Waals surface area contributed by atoms with Gasteiger partial charge in [-0.15, -0.1) is 0 Å². The van der Waals surface area contributed by atoms with Crippen LogP contribution in [0.15, 0.2) is 65.7 Å². The molecule has 3 aromatic rings. The molecule has 2 aromatic heterocycles. The summed E-state index contributed by atoms with van der Waals surface area (Å²) < 4.78 is 4.92. The van der Waals surface area contributed by atoms with Gasteiger partial charge in [0.2, 0.25) is 5.91 Å². The number of anilines is 1. The number of pyridine rings is 1. The number of aromatic nitrogens is 1. The highest BCUT2D eigenvalue weighted by atomic mass is 16.3. The van der Waals surface area contributed by atoms with Crippen LogP contribution in [0.2, 0.25) is 0 Å². The molecule has 4 nitrogen and oxygen atoms in total. The quantitative estimate of drug-likeness (QED) is 0.737. The van der Waals surface area contributed by atoms with Gasteiger partial charge in [0.15, 0.2) is 0 Å². The minimum atomic E-state index is -0.181. The topological polar surface area (TPSA) is 55.1 Å². The summed E-state index contributed by atoms with van der Waals surface area (Å²) in [6.07, 6.45) is 9.83. The summed E-state index contributed by atoms with van der Waals surface area (Å²) in [5.74, 6) is -0.181. The molecular formula is C16H12N2O2. The third kappa shape index (κ3) is 2.75. The Bertz CT molecular complexity index is 761. The van der Waals surface area contributed by atoms with Crippen molar-refractivity contribution >= 4 is 28.4 Å². The Morgan fingerprint density at radius 3 is 3.00 bits per heavy atom. The number of benzene rings is 1. The molecule has 1 N–H and O–H groups in total. The van der Waals surface area contributed by atoms with Crippen LogP contribution in [0.3, 0.4) is 0 Å². The van der Waals surface area contributed by atoms with E-state index in [1.165, 1.54) is 6.08 Å². The zero-order chi connectivity index (χ0) is 13.8. The maximum Gasteiger partial charge on any atom is 0.248 e. The van der Waals surface area contributed by atoms with Crippen LogP contribution < -0.4 is 5.32 Å². The molecule has 1 amide bonds. The van der Waals surface area contributed by atoms with Gasteiger partial charge in [0.1, 0.15) is 0 Å². The molecular weight excluding hydrogens is 252 g/mol. The van der Waals surface area contributed by atoms with Crippen molar-refractivity contribution in [2.75, 3.05) is 5.32 Å². The third-order valence-corrected chi connectivity index (χ3v) is 2.88. The lowest BCUT2D eigenvalue weighted by Crippen LogP contribution is -2.07. The molecule has 0 fully saturated rings. The fraction of sp³-hybridized carbons (Fsp3) is 0. The first-order valence-corrected chi connectivity index (χ1v) is 6.16. The van der Waals surface area contributed by atoms with Crippen molar-refractivity contribution < 1.29 is 9.21 Å². The second kappa shape index (κ2) is 5.40. The number of carbonyl (C=O) groups is 1. The number of rotatable bonds is 3. The highest BCUT2D eigenvalue weighted by molar-refractivity contribution is 6.03. The largest absolute Gasteiger partial charge is 0.472 e. The van der Waals surface area contributed by atoms with Gasteiger partial charge in [-0.25, -0.2) is 0 Å². The van der Waals surface area contributed by atoms with E-state index >= 15 is 0 Å². The molecule has 0 aliphatic heterocycles. The van der Waals surface area contributed by atoms with Gasteiger partial charge in [-0.05, 0) is 35.7 Å². The summed E-state index contributed by atoms with van der Waals surface area (Å²) in [5.41, 5.74) is 1.61. The van der Waals surface area contributed by atoms with Crippen LogP contribution in [-0.2, 0) is 4.79 Å². The van der Waals surface area contributed by atoms with Crippen molar-refractivity contribution in [3.8, 4) is 0 Å². The first-order valence-electron chi connectivity index (χ1n) is 6.16. The Balaban J connectivity index is 1.74. The van der Waals surface area contributed by atoms with Crippen LogP contribution in [0.5, 0.6) is 0 Å². The predicted molar refractivity (Wildman–Crippen MR) is 78.1 cm³/mol. The predicted octanol–water partition coefficient (Wildman–Crippen LogP) is 3.48. The minimum Gasteiger partial charge on any atom is -0.472 e. The molecule has 4 heteroatoms. The lowest BCUT2D eigenvalue weighted by molar-refractivity contribution is -0.111. The van der Waals surface area contributed by atoms with E-state index in [1.54, 1.807) is 37.1 Å². The van der Waals surface area contributed by atoms with Crippen LogP contribution >= 0.6 is 0 Å². The monoisotopic (exact) mass is 264 g/mol. The van der Waals surface area contributed by atoms with E-state index in [1.807, 2.05) is 24.3 Å². The van der Waals surface area contributed by atoms with Gasteiger partial charge in [0.05, 0.1) is 12.5 Å². The van der Waals surface area contributed by atoms with Crippen molar-refractivity contribution in [1.29, 1.82) is 0 Å². The van der Waals surface area contributed by atoms with E-state index in [9.17, 15) is 4.79 Å². The molecule has 0 atom stereocenters. The number of carbonyl (C=O) groups excluding carboxylic acids is 1. The molecule has 2 heterocycles. The summed E-state index contributed by atoms with van der Waals surface area (Å²) in [4.78, 5) is 15.9. The van der Waals surface area contributed by atoms with Crippen LogP contribution in [0, 0.1) is 0 Å². The number of hydrogen-bond donors (Lipinski definition) is 1. The normalized spacial score (nSPS) is 11.0. The maximum atomic E-state index is 11.8. The summed E-state index contributed by atoms with van der Waals surface area (Å²) in [5, 5.41) is 4.90. The van der Waals surface area contributed by atoms with Gasteiger partial charge < -0.3 is 9.73 Å². The van der Waals surface area contributed by atoms with Gasteiger partial charge >= 0.3 is 0 Å². The highest BCUT2D eigenvalue weighted by Gasteiger charge is 2.00. The van der Waals surface area contributed by atoms with Crippen molar-refractivity contribution in [2.45, 2.75) is 0 Å². The lowest BCUT2D eigenvalue weighted by atomic mass is 10.1. The van der Waals surface area contributed by atoms with Crippen molar-refractivity contribution in [3.05, 3.63) is 66.9 Å². The molecule has 98 valence electrons. The standard InChI is InChI=1S/C16H12N2O2/c19-16(4-1-12-6-8-20-11-12)18-15-3-2-14-10-17-7-5-13(14)9-15/h1-11H,(H,18,19)/b4-1+. The summed E-state index contributed by atoms with van der Waals surface area (Å²) in [7, 11) is 0. The molecule has 0 saturated heterocycles.